The molecule has 86 valence electrons. The zero-order valence-corrected chi connectivity index (χ0v) is 10.4. The van der Waals surface area contributed by atoms with Gasteiger partial charge in [-0.2, -0.15) is 0 Å². The average Bonchev–Trinajstić information content (AvgIpc) is 2.54. The minimum atomic E-state index is -0.896. The lowest BCUT2D eigenvalue weighted by Gasteiger charge is -2.32. The van der Waals surface area contributed by atoms with E-state index in [0.29, 0.717) is 0 Å². The molecule has 1 rings (SSSR count). The zero-order valence-electron chi connectivity index (χ0n) is 10.4. The van der Waals surface area contributed by atoms with Crippen LogP contribution in [0, 0.1) is 17.3 Å². The largest absolute Gasteiger partial charge is 0.377 e. The van der Waals surface area contributed by atoms with Crippen LogP contribution in [0.15, 0.2) is 0 Å². The van der Waals surface area contributed by atoms with Crippen LogP contribution in [0.5, 0.6) is 0 Å². The van der Waals surface area contributed by atoms with E-state index in [-0.39, 0.29) is 5.41 Å². The number of nitrogens with zero attached hydrogens (tertiary/aromatic N) is 1. The van der Waals surface area contributed by atoms with Gasteiger partial charge >= 0.3 is 0 Å². The third kappa shape index (κ3) is 3.52. The number of likely N-dealkylation sites (tertiary alicyclic amines) is 1. The lowest BCUT2D eigenvalue weighted by Crippen LogP contribution is -2.38. The van der Waals surface area contributed by atoms with Crippen molar-refractivity contribution in [1.29, 1.82) is 0 Å². The summed E-state index contributed by atoms with van der Waals surface area (Å²) in [5.74, 6) is 6.09. The summed E-state index contributed by atoms with van der Waals surface area (Å²) >= 11 is 0. The second kappa shape index (κ2) is 4.55. The molecule has 0 aromatic heterocycles. The Morgan fingerprint density at radius 2 is 1.67 bits per heavy atom. The van der Waals surface area contributed by atoms with Crippen molar-refractivity contribution in [2.24, 2.45) is 5.41 Å². The van der Waals surface area contributed by atoms with Crippen LogP contribution in [0.3, 0.4) is 0 Å². The van der Waals surface area contributed by atoms with Crippen LogP contribution in [0.4, 0.5) is 0 Å². The van der Waals surface area contributed by atoms with Crippen LogP contribution in [0.2, 0.25) is 0 Å². The number of rotatable bonds is 1. The van der Waals surface area contributed by atoms with Gasteiger partial charge in [-0.1, -0.05) is 32.6 Å². The molecule has 2 heteroatoms. The van der Waals surface area contributed by atoms with Gasteiger partial charge in [-0.05, 0) is 32.9 Å². The summed E-state index contributed by atoms with van der Waals surface area (Å²) in [6, 6.07) is 0. The number of hydrogen-bond acceptors (Lipinski definition) is 2. The highest BCUT2D eigenvalue weighted by atomic mass is 16.3. The first-order valence-electron chi connectivity index (χ1n) is 5.78. The summed E-state index contributed by atoms with van der Waals surface area (Å²) in [6.45, 7) is 10.9. The summed E-state index contributed by atoms with van der Waals surface area (Å²) in [7, 11) is 0. The smallest absolute Gasteiger partial charge is 0.127 e. The summed E-state index contributed by atoms with van der Waals surface area (Å²) in [6.07, 6.45) is 2.58. The Labute approximate surface area is 93.7 Å². The quantitative estimate of drug-likeness (QED) is 0.667. The minimum Gasteiger partial charge on any atom is -0.377 e. The molecule has 0 aromatic rings. The van der Waals surface area contributed by atoms with Gasteiger partial charge in [0.15, 0.2) is 0 Å². The third-order valence-corrected chi connectivity index (χ3v) is 3.29. The monoisotopic (exact) mass is 209 g/mol. The van der Waals surface area contributed by atoms with E-state index < -0.39 is 5.60 Å². The van der Waals surface area contributed by atoms with Gasteiger partial charge in [0, 0.05) is 5.41 Å². The summed E-state index contributed by atoms with van der Waals surface area (Å²) in [5, 5.41) is 10.1. The maximum Gasteiger partial charge on any atom is 0.127 e. The molecule has 1 heterocycles. The molecule has 1 aliphatic rings. The first-order chi connectivity index (χ1) is 6.83. The van der Waals surface area contributed by atoms with Crippen molar-refractivity contribution < 1.29 is 5.11 Å². The summed E-state index contributed by atoms with van der Waals surface area (Å²) < 4.78 is 0. The van der Waals surface area contributed by atoms with Crippen LogP contribution in [0.25, 0.3) is 0 Å². The van der Waals surface area contributed by atoms with E-state index >= 15 is 0 Å². The molecule has 1 fully saturated rings. The molecule has 2 nitrogen and oxygen atoms in total. The second-order valence-electron chi connectivity index (χ2n) is 5.61. The van der Waals surface area contributed by atoms with Crippen LogP contribution < -0.4 is 0 Å². The molecule has 0 aromatic carbocycles. The fraction of sp³-hybridized carbons (Fsp3) is 0.846. The van der Waals surface area contributed by atoms with E-state index in [0.717, 1.165) is 19.6 Å². The Morgan fingerprint density at radius 3 is 2.13 bits per heavy atom. The Morgan fingerprint density at radius 1 is 1.13 bits per heavy atom. The van der Waals surface area contributed by atoms with Crippen molar-refractivity contribution in [3.8, 4) is 11.8 Å². The highest BCUT2D eigenvalue weighted by Crippen LogP contribution is 2.28. The van der Waals surface area contributed by atoms with Crippen molar-refractivity contribution in [2.45, 2.75) is 46.1 Å². The molecule has 0 aliphatic carbocycles. The fourth-order valence-electron chi connectivity index (χ4n) is 1.45. The lowest BCUT2D eigenvalue weighted by atomic mass is 9.78. The SMILES string of the molecule is CC(C)(C)C(C)(O)C#CCN1CCCC1. The fourth-order valence-corrected chi connectivity index (χ4v) is 1.45. The van der Waals surface area contributed by atoms with Crippen molar-refractivity contribution in [3.63, 3.8) is 0 Å². The molecular formula is C13H23NO. The van der Waals surface area contributed by atoms with Gasteiger partial charge in [0.2, 0.25) is 0 Å². The van der Waals surface area contributed by atoms with Crippen LogP contribution in [0.1, 0.15) is 40.5 Å². The van der Waals surface area contributed by atoms with E-state index in [2.05, 4.69) is 16.7 Å². The standard InChI is InChI=1S/C13H23NO/c1-12(2,3)13(4,15)8-7-11-14-9-5-6-10-14/h15H,5-6,9-11H2,1-4H3. The molecule has 1 N–H and O–H groups in total. The third-order valence-electron chi connectivity index (χ3n) is 3.29. The van der Waals surface area contributed by atoms with E-state index in [4.69, 9.17) is 0 Å². The molecule has 15 heavy (non-hydrogen) atoms. The Hall–Kier alpha value is -0.520. The van der Waals surface area contributed by atoms with E-state index in [1.165, 1.54) is 12.8 Å². The van der Waals surface area contributed by atoms with Crippen molar-refractivity contribution in [3.05, 3.63) is 0 Å². The van der Waals surface area contributed by atoms with Gasteiger partial charge < -0.3 is 5.11 Å². The van der Waals surface area contributed by atoms with Gasteiger partial charge in [0.1, 0.15) is 5.60 Å². The molecule has 0 amide bonds. The molecule has 0 saturated carbocycles. The average molecular weight is 209 g/mol. The number of aliphatic hydroxyl groups is 1. The first kappa shape index (κ1) is 12.5. The van der Waals surface area contributed by atoms with E-state index in [1.807, 2.05) is 20.8 Å². The highest BCUT2D eigenvalue weighted by Gasteiger charge is 2.33. The van der Waals surface area contributed by atoms with Crippen molar-refractivity contribution >= 4 is 0 Å². The van der Waals surface area contributed by atoms with Gasteiger partial charge in [0.05, 0.1) is 6.54 Å². The van der Waals surface area contributed by atoms with Crippen molar-refractivity contribution in [1.82, 2.24) is 4.90 Å². The minimum absolute atomic E-state index is 0.189. The number of hydrogen-bond donors (Lipinski definition) is 1. The molecule has 1 saturated heterocycles. The van der Waals surface area contributed by atoms with Crippen LogP contribution in [-0.2, 0) is 0 Å². The maximum absolute atomic E-state index is 10.1. The molecule has 1 unspecified atom stereocenters. The molecular weight excluding hydrogens is 186 g/mol. The van der Waals surface area contributed by atoms with Crippen LogP contribution >= 0.6 is 0 Å². The normalized spacial score (nSPS) is 21.9. The zero-order chi connectivity index (χ0) is 11.5. The second-order valence-corrected chi connectivity index (χ2v) is 5.61. The molecule has 1 atom stereocenters. The molecule has 1 aliphatic heterocycles. The first-order valence-corrected chi connectivity index (χ1v) is 5.78. The molecule has 0 spiro atoms. The Balaban J connectivity index is 2.49. The maximum atomic E-state index is 10.1. The summed E-state index contributed by atoms with van der Waals surface area (Å²) in [5.41, 5.74) is -1.09. The van der Waals surface area contributed by atoms with Crippen LogP contribution in [-0.4, -0.2) is 35.2 Å². The predicted octanol–water partition coefficient (Wildman–Crippen LogP) is 1.88. The highest BCUT2D eigenvalue weighted by molar-refractivity contribution is 5.17. The topological polar surface area (TPSA) is 23.5 Å². The van der Waals surface area contributed by atoms with Gasteiger partial charge in [-0.3, -0.25) is 4.90 Å². The van der Waals surface area contributed by atoms with E-state index in [9.17, 15) is 5.11 Å². The van der Waals surface area contributed by atoms with Crippen molar-refractivity contribution in [2.75, 3.05) is 19.6 Å². The Kier molecular flexibility index (Phi) is 3.81. The lowest BCUT2D eigenvalue weighted by molar-refractivity contribution is 0.0127. The van der Waals surface area contributed by atoms with Gasteiger partial charge in [-0.15, -0.1) is 0 Å². The van der Waals surface area contributed by atoms with E-state index in [1.54, 1.807) is 6.92 Å². The molecule has 0 radical (unpaired) electrons. The van der Waals surface area contributed by atoms with Gasteiger partial charge in [0.25, 0.3) is 0 Å². The summed E-state index contributed by atoms with van der Waals surface area (Å²) in [4.78, 5) is 2.34. The Bertz CT molecular complexity index is 258. The molecule has 0 bridgehead atoms. The van der Waals surface area contributed by atoms with Gasteiger partial charge in [-0.25, -0.2) is 0 Å². The predicted molar refractivity (Wildman–Crippen MR) is 63.5 cm³/mol.